The zero-order valence-corrected chi connectivity index (χ0v) is 10.8. The van der Waals surface area contributed by atoms with Crippen LogP contribution in [0.3, 0.4) is 0 Å². The van der Waals surface area contributed by atoms with Crippen LogP contribution in [0.25, 0.3) is 0 Å². The second kappa shape index (κ2) is 4.87. The topological polar surface area (TPSA) is 35.5 Å². The molecule has 3 nitrogen and oxygen atoms in total. The van der Waals surface area contributed by atoms with Gasteiger partial charge in [0.15, 0.2) is 0 Å². The Labute approximate surface area is 105 Å². The second-order valence-electron chi connectivity index (χ2n) is 6.46. The second-order valence-corrected chi connectivity index (χ2v) is 6.46. The van der Waals surface area contributed by atoms with Crippen molar-refractivity contribution in [3.05, 3.63) is 0 Å². The quantitative estimate of drug-likeness (QED) is 0.724. The number of hydrogen-bond donors (Lipinski definition) is 2. The molecule has 1 saturated carbocycles. The van der Waals surface area contributed by atoms with Crippen LogP contribution in [-0.2, 0) is 0 Å². The first kappa shape index (κ1) is 11.9. The van der Waals surface area contributed by atoms with E-state index in [0.717, 1.165) is 18.9 Å². The molecule has 2 aliphatic heterocycles. The Bertz CT molecular complexity index is 255. The van der Waals surface area contributed by atoms with Crippen molar-refractivity contribution in [2.24, 2.45) is 5.41 Å². The largest absolute Gasteiger partial charge is 0.393 e. The van der Waals surface area contributed by atoms with Crippen LogP contribution < -0.4 is 5.32 Å². The molecular weight excluding hydrogens is 212 g/mol. The summed E-state index contributed by atoms with van der Waals surface area (Å²) < 4.78 is 0. The van der Waals surface area contributed by atoms with Crippen LogP contribution >= 0.6 is 0 Å². The van der Waals surface area contributed by atoms with E-state index < -0.39 is 0 Å². The van der Waals surface area contributed by atoms with Crippen molar-refractivity contribution in [3.8, 4) is 0 Å². The highest BCUT2D eigenvalue weighted by molar-refractivity contribution is 4.96. The Hall–Kier alpha value is -0.120. The number of hydrogen-bond acceptors (Lipinski definition) is 3. The van der Waals surface area contributed by atoms with E-state index in [1.54, 1.807) is 0 Å². The molecule has 1 atom stereocenters. The molecule has 2 N–H and O–H groups in total. The maximum Gasteiger partial charge on any atom is 0.0541 e. The van der Waals surface area contributed by atoms with E-state index in [1.807, 2.05) is 0 Å². The first-order valence-corrected chi connectivity index (χ1v) is 7.40. The van der Waals surface area contributed by atoms with Gasteiger partial charge >= 0.3 is 0 Å². The SMILES string of the molecule is OC1CCC(N2CC[C@]3(CCCNC3)C2)CC1. The fourth-order valence-electron chi connectivity index (χ4n) is 4.08. The average molecular weight is 238 g/mol. The minimum atomic E-state index is -0.0147. The summed E-state index contributed by atoms with van der Waals surface area (Å²) >= 11 is 0. The molecule has 0 bridgehead atoms. The Morgan fingerprint density at radius 3 is 2.65 bits per heavy atom. The number of aliphatic hydroxyl groups excluding tert-OH is 1. The van der Waals surface area contributed by atoms with Crippen LogP contribution in [0, 0.1) is 5.41 Å². The van der Waals surface area contributed by atoms with Crippen molar-refractivity contribution >= 4 is 0 Å². The van der Waals surface area contributed by atoms with E-state index in [9.17, 15) is 5.11 Å². The molecule has 0 amide bonds. The van der Waals surface area contributed by atoms with E-state index in [-0.39, 0.29) is 6.10 Å². The smallest absolute Gasteiger partial charge is 0.0541 e. The molecule has 1 spiro atoms. The molecule has 3 fully saturated rings. The summed E-state index contributed by atoms with van der Waals surface area (Å²) in [5.41, 5.74) is 0.592. The van der Waals surface area contributed by atoms with Gasteiger partial charge in [0, 0.05) is 19.1 Å². The number of likely N-dealkylation sites (tertiary alicyclic amines) is 1. The maximum absolute atomic E-state index is 9.58. The Morgan fingerprint density at radius 1 is 1.12 bits per heavy atom. The van der Waals surface area contributed by atoms with Crippen molar-refractivity contribution in [1.82, 2.24) is 10.2 Å². The van der Waals surface area contributed by atoms with Gasteiger partial charge in [-0.1, -0.05) is 0 Å². The van der Waals surface area contributed by atoms with Gasteiger partial charge in [0.25, 0.3) is 0 Å². The summed E-state index contributed by atoms with van der Waals surface area (Å²) in [4.78, 5) is 2.72. The number of nitrogens with zero attached hydrogens (tertiary/aromatic N) is 1. The summed E-state index contributed by atoms with van der Waals surface area (Å²) in [5.74, 6) is 0. The van der Waals surface area contributed by atoms with Crippen LogP contribution in [0.1, 0.15) is 44.9 Å². The molecule has 0 unspecified atom stereocenters. The van der Waals surface area contributed by atoms with Gasteiger partial charge in [-0.15, -0.1) is 0 Å². The third-order valence-corrected chi connectivity index (χ3v) is 5.21. The number of nitrogens with one attached hydrogen (secondary N) is 1. The van der Waals surface area contributed by atoms with Gasteiger partial charge < -0.3 is 10.4 Å². The van der Waals surface area contributed by atoms with Crippen LogP contribution in [0.2, 0.25) is 0 Å². The van der Waals surface area contributed by atoms with Crippen molar-refractivity contribution in [2.45, 2.75) is 57.1 Å². The lowest BCUT2D eigenvalue weighted by Gasteiger charge is -2.37. The number of aliphatic hydroxyl groups is 1. The maximum atomic E-state index is 9.58. The lowest BCUT2D eigenvalue weighted by molar-refractivity contribution is 0.0761. The fourth-order valence-corrected chi connectivity index (χ4v) is 4.08. The molecule has 1 aliphatic carbocycles. The van der Waals surface area contributed by atoms with Crippen molar-refractivity contribution < 1.29 is 5.11 Å². The lowest BCUT2D eigenvalue weighted by atomic mass is 9.80. The Morgan fingerprint density at radius 2 is 1.94 bits per heavy atom. The van der Waals surface area contributed by atoms with E-state index in [0.29, 0.717) is 5.41 Å². The highest BCUT2D eigenvalue weighted by atomic mass is 16.3. The van der Waals surface area contributed by atoms with Gasteiger partial charge in [-0.2, -0.15) is 0 Å². The molecule has 17 heavy (non-hydrogen) atoms. The predicted molar refractivity (Wildman–Crippen MR) is 69.0 cm³/mol. The van der Waals surface area contributed by atoms with E-state index in [2.05, 4.69) is 10.2 Å². The summed E-state index contributed by atoms with van der Waals surface area (Å²) in [5, 5.41) is 13.2. The van der Waals surface area contributed by atoms with Gasteiger partial charge in [0.1, 0.15) is 0 Å². The monoisotopic (exact) mass is 238 g/mol. The van der Waals surface area contributed by atoms with Crippen molar-refractivity contribution in [2.75, 3.05) is 26.2 Å². The zero-order valence-electron chi connectivity index (χ0n) is 10.8. The standard InChI is InChI=1S/C14H26N2O/c17-13-4-2-12(3-5-13)16-9-7-14(11-16)6-1-8-15-10-14/h12-13,15,17H,1-11H2/t12?,13?,14-/m0/s1. The average Bonchev–Trinajstić information content (AvgIpc) is 2.75. The normalized spacial score (nSPS) is 44.3. The molecule has 2 heterocycles. The van der Waals surface area contributed by atoms with E-state index in [4.69, 9.17) is 0 Å². The van der Waals surface area contributed by atoms with Gasteiger partial charge in [0.2, 0.25) is 0 Å². The predicted octanol–water partition coefficient (Wildman–Crippen LogP) is 1.37. The molecule has 2 saturated heterocycles. The summed E-state index contributed by atoms with van der Waals surface area (Å²) in [6.07, 6.45) is 8.62. The molecule has 3 rings (SSSR count). The molecule has 98 valence electrons. The number of piperidine rings is 1. The molecule has 0 aromatic heterocycles. The molecule has 0 aromatic rings. The first-order chi connectivity index (χ1) is 8.27. The summed E-state index contributed by atoms with van der Waals surface area (Å²) in [6, 6.07) is 0.764. The molecule has 3 heteroatoms. The van der Waals surface area contributed by atoms with Crippen LogP contribution in [-0.4, -0.2) is 48.3 Å². The highest BCUT2D eigenvalue weighted by Gasteiger charge is 2.41. The Kier molecular flexibility index (Phi) is 3.42. The van der Waals surface area contributed by atoms with Crippen LogP contribution in [0.4, 0.5) is 0 Å². The zero-order chi connectivity index (χ0) is 11.7. The van der Waals surface area contributed by atoms with Gasteiger partial charge in [0.05, 0.1) is 6.10 Å². The molecule has 0 aromatic carbocycles. The fraction of sp³-hybridized carbons (Fsp3) is 1.00. The summed E-state index contributed by atoms with van der Waals surface area (Å²) in [7, 11) is 0. The summed E-state index contributed by atoms with van der Waals surface area (Å²) in [6.45, 7) is 5.05. The van der Waals surface area contributed by atoms with Crippen LogP contribution in [0.5, 0.6) is 0 Å². The lowest BCUT2D eigenvalue weighted by Crippen LogP contribution is -2.44. The van der Waals surface area contributed by atoms with Gasteiger partial charge in [-0.05, 0) is 63.5 Å². The minimum absolute atomic E-state index is 0.0147. The van der Waals surface area contributed by atoms with Crippen molar-refractivity contribution in [1.29, 1.82) is 0 Å². The number of rotatable bonds is 1. The first-order valence-electron chi connectivity index (χ1n) is 7.40. The van der Waals surface area contributed by atoms with Gasteiger partial charge in [-0.3, -0.25) is 4.90 Å². The van der Waals surface area contributed by atoms with Gasteiger partial charge in [-0.25, -0.2) is 0 Å². The highest BCUT2D eigenvalue weighted by Crippen LogP contribution is 2.39. The third kappa shape index (κ3) is 2.51. The molecule has 3 aliphatic rings. The third-order valence-electron chi connectivity index (χ3n) is 5.21. The molecular formula is C14H26N2O. The van der Waals surface area contributed by atoms with E-state index in [1.165, 1.54) is 58.3 Å². The molecule has 0 radical (unpaired) electrons. The minimum Gasteiger partial charge on any atom is -0.393 e. The van der Waals surface area contributed by atoms with E-state index >= 15 is 0 Å². The Balaban J connectivity index is 1.56. The van der Waals surface area contributed by atoms with Crippen molar-refractivity contribution in [3.63, 3.8) is 0 Å². The van der Waals surface area contributed by atoms with Crippen LogP contribution in [0.15, 0.2) is 0 Å².